The molecule has 10 aromatic rings. The van der Waals surface area contributed by atoms with E-state index in [1.165, 1.54) is 9.80 Å². The third-order valence-electron chi connectivity index (χ3n) is 28.1. The number of carbonyl (C=O) groups excluding carboxylic acids is 6. The van der Waals surface area contributed by atoms with E-state index in [1.54, 1.807) is 97.1 Å². The second-order valence-electron chi connectivity index (χ2n) is 39.2. The minimum Gasteiger partial charge on any atom is -0.445 e. The number of alkyl carbamates (subject to hydrolysis) is 4. The van der Waals surface area contributed by atoms with Gasteiger partial charge in [0.05, 0.1) is 37.9 Å². The fourth-order valence-corrected chi connectivity index (χ4v) is 29.4. The zero-order chi connectivity index (χ0) is 99.4. The summed E-state index contributed by atoms with van der Waals surface area (Å²) in [4.78, 5) is 108. The lowest BCUT2D eigenvalue weighted by Gasteiger charge is -2.52. The number of nitrogens with zero attached hydrogens (tertiary/aromatic N) is 2. The van der Waals surface area contributed by atoms with Crippen molar-refractivity contribution in [2.75, 3.05) is 19.7 Å². The van der Waals surface area contributed by atoms with Crippen molar-refractivity contribution in [2.45, 2.75) is 227 Å². The van der Waals surface area contributed by atoms with E-state index in [2.05, 4.69) is 42.0 Å². The van der Waals surface area contributed by atoms with E-state index in [0.717, 1.165) is 10.4 Å². The second-order valence-corrected chi connectivity index (χ2v) is 47.5. The highest BCUT2D eigenvalue weighted by Crippen LogP contribution is 2.51. The molecule has 7 N–H and O–H groups in total. The Hall–Kier alpha value is -12.7. The van der Waals surface area contributed by atoms with Crippen molar-refractivity contribution in [3.8, 4) is 0 Å². The lowest BCUT2D eigenvalue weighted by Crippen LogP contribution is -2.72. The normalized spacial score (nSPS) is 27.4. The standard InChI is InChI=1S/C111H122N6O24Si2/c1-71-38-37-51-78(60-71)100-117(109(125)131-69-76-47-25-11-26-48-76)64-87-97(137-100)92(119)90(115-106(122)129-67-74-43-21-9-22-44-74)103(134-87)139-94-84(112-104(120)127-65-72-39-17-7-18-40-72)61-85-95(141-107(123)113-85)98(94)140-101-83(62-111(5,6)142(126,79-52-29-13-30-53-79)80-54-31-14-32-55-80)93(88(135-101)70-132-143(110(2,3)4,81-56-33-15-34-57-81)82-58-35-16-36-59-82)138-102-89(114-105(121)128-66-73-41-19-8-20-42-73)91(118)96-86(133-102)63-116(99(136-96)77-49-27-12-28-50-77)108(124)130-68-75-45-23-10-24-46-75/h7-59,71,83-103,118-119,126H,60-70H2,1-6H3,(H,112,120)(H,113,123)(H,114,121)(H,115,122)/t71?,83-,84+,85-,86+,87-,88-,89-,90-,91-,92-,93+,94-,95+,96-,97-,98+,99?,100?,101+,102-,103-/m1/s1. The summed E-state index contributed by atoms with van der Waals surface area (Å²) < 4.78 is 105. The molecule has 3 unspecified atom stereocenters. The largest absolute Gasteiger partial charge is 0.445 e. The molecule has 32 heteroatoms. The minimum absolute atomic E-state index is 0.00391. The molecule has 6 aliphatic heterocycles. The maximum atomic E-state index is 15.2. The lowest BCUT2D eigenvalue weighted by molar-refractivity contribution is -0.329. The Kier molecular flexibility index (Phi) is 31.6. The fraction of sp³-hybridized carbons (Fsp3) is 0.369. The summed E-state index contributed by atoms with van der Waals surface area (Å²) >= 11 is 0. The number of hydrogen-bond acceptors (Lipinski definition) is 24. The summed E-state index contributed by atoms with van der Waals surface area (Å²) in [6.07, 6.45) is -23.7. The molecule has 0 radical (unpaired) electrons. The van der Waals surface area contributed by atoms with Gasteiger partial charge in [-0.05, 0) is 89.4 Å². The second kappa shape index (κ2) is 45.0. The van der Waals surface area contributed by atoms with Crippen LogP contribution in [0.4, 0.5) is 28.8 Å². The molecule has 6 heterocycles. The van der Waals surface area contributed by atoms with Gasteiger partial charge in [-0.1, -0.05) is 363 Å². The first kappa shape index (κ1) is 100. The summed E-state index contributed by atoms with van der Waals surface area (Å²) in [6, 6.07) is 87.3. The molecule has 1 saturated carbocycles. The topological polar surface area (TPSA) is 356 Å². The Morgan fingerprint density at radius 3 is 1.27 bits per heavy atom. The molecule has 8 aliphatic rings. The third kappa shape index (κ3) is 22.8. The fourth-order valence-electron chi connectivity index (χ4n) is 21.1. The maximum absolute atomic E-state index is 15.2. The summed E-state index contributed by atoms with van der Waals surface area (Å²) in [5, 5.41) is 40.3. The van der Waals surface area contributed by atoms with Gasteiger partial charge in [-0.3, -0.25) is 9.80 Å². The van der Waals surface area contributed by atoms with Crippen LogP contribution in [-0.4, -0.2) is 214 Å². The molecular weight excluding hydrogens is 1860 g/mol. The molecule has 7 fully saturated rings. The number of aliphatic hydroxyl groups excluding tert-OH is 2. The van der Waals surface area contributed by atoms with Gasteiger partial charge < -0.3 is 107 Å². The van der Waals surface area contributed by atoms with E-state index in [0.29, 0.717) is 55.7 Å². The van der Waals surface area contributed by atoms with Crippen molar-refractivity contribution in [1.29, 1.82) is 0 Å². The highest BCUT2D eigenvalue weighted by Gasteiger charge is 2.64. The van der Waals surface area contributed by atoms with Gasteiger partial charge in [-0.2, -0.15) is 0 Å². The zero-order valence-corrected chi connectivity index (χ0v) is 82.4. The van der Waals surface area contributed by atoms with E-state index >= 15 is 19.2 Å². The Balaban J connectivity index is 0.796. The quantitative estimate of drug-likeness (QED) is 0.0157. The molecular formula is C111H122N6O24Si2. The molecule has 6 amide bonds. The molecule has 10 aromatic carbocycles. The Morgan fingerprint density at radius 2 is 0.832 bits per heavy atom. The number of aliphatic hydroxyl groups is 2. The van der Waals surface area contributed by atoms with Gasteiger partial charge in [0, 0.05) is 11.5 Å². The van der Waals surface area contributed by atoms with Gasteiger partial charge in [-0.25, -0.2) is 28.8 Å². The van der Waals surface area contributed by atoms with Gasteiger partial charge in [-0.15, -0.1) is 0 Å². The van der Waals surface area contributed by atoms with Crippen LogP contribution in [0.5, 0.6) is 0 Å². The van der Waals surface area contributed by atoms with Crippen LogP contribution in [0.15, 0.2) is 327 Å². The smallest absolute Gasteiger partial charge is 0.412 e. The average molecular weight is 1980 g/mol. The Morgan fingerprint density at radius 1 is 0.448 bits per heavy atom. The Labute approximate surface area is 833 Å². The average Bonchev–Trinajstić information content (AvgIpc) is 1.68. The molecule has 0 spiro atoms. The molecule has 2 aliphatic carbocycles. The number of fused-ring (bicyclic) bond motifs is 3. The van der Waals surface area contributed by atoms with Crippen LogP contribution in [0.25, 0.3) is 0 Å². The van der Waals surface area contributed by atoms with Crippen LogP contribution in [-0.2, 0) is 104 Å². The van der Waals surface area contributed by atoms with Gasteiger partial charge in [0.15, 0.2) is 37.4 Å². The molecule has 30 nitrogen and oxygen atoms in total. The van der Waals surface area contributed by atoms with Gasteiger partial charge in [0.1, 0.15) is 100 Å². The molecule has 0 bridgehead atoms. The molecule has 18 rings (SSSR count). The van der Waals surface area contributed by atoms with Crippen molar-refractivity contribution in [3.05, 3.63) is 361 Å². The van der Waals surface area contributed by atoms with Gasteiger partial charge >= 0.3 is 36.6 Å². The van der Waals surface area contributed by atoms with Crippen LogP contribution < -0.4 is 42.0 Å². The molecule has 6 saturated heterocycles. The molecule has 0 aromatic heterocycles. The van der Waals surface area contributed by atoms with E-state index in [9.17, 15) is 24.6 Å². The SMILES string of the molecule is CC1C=CC=C(C2O[C@H]3[C@H](O)[C@@H](NC(=O)OCc4ccccc4)[C@@H](O[C@H]4[C@H](O[C@@H]5O[C@H](CO[Si](c6ccccc6)(c6ccccc6)C(C)(C)C)[C@@H](O[C@H]6O[C@H]7CN(C(=O)OCc8ccccc8)C(c8ccccc8)O[C@H]7[C@H](O)[C@H]6NC(=O)OCc6ccccc6)[C@H]5CC(C)(C)[Si](O)(c5ccccc5)c5ccccc5)[C@H]5OC(=O)N[C@@H]5C[C@@H]4NC(=O)OCc4ccccc4)O[C@@H]3CN2C(=O)OCc2ccccc2)C1. The summed E-state index contributed by atoms with van der Waals surface area (Å²) in [6.45, 7) is 10.5. The van der Waals surface area contributed by atoms with Gasteiger partial charge in [0.2, 0.25) is 0 Å². The third-order valence-corrected chi connectivity index (χ3v) is 37.6. The highest BCUT2D eigenvalue weighted by atomic mass is 28.4. The first-order valence-electron chi connectivity index (χ1n) is 48.8. The number of nitrogens with one attached hydrogen (secondary N) is 4. The minimum atomic E-state index is -4.29. The zero-order valence-electron chi connectivity index (χ0n) is 80.4. The summed E-state index contributed by atoms with van der Waals surface area (Å²) in [5.74, 6) is -1.27. The monoisotopic (exact) mass is 1980 g/mol. The van der Waals surface area contributed by atoms with Crippen molar-refractivity contribution in [1.82, 2.24) is 31.1 Å². The van der Waals surface area contributed by atoms with Crippen molar-refractivity contribution >= 4 is 73.9 Å². The number of allylic oxidation sites excluding steroid dienone is 3. The Bertz CT molecular complexity index is 5890. The van der Waals surface area contributed by atoms with E-state index in [1.807, 2.05) is 245 Å². The number of benzene rings is 10. The van der Waals surface area contributed by atoms with E-state index < -0.39 is 192 Å². The first-order valence-corrected chi connectivity index (χ1v) is 52.6. The van der Waals surface area contributed by atoms with Crippen molar-refractivity contribution in [3.63, 3.8) is 0 Å². The van der Waals surface area contributed by atoms with Crippen LogP contribution in [0, 0.1) is 11.8 Å². The van der Waals surface area contributed by atoms with Crippen LogP contribution in [0.3, 0.4) is 0 Å². The first-order chi connectivity index (χ1) is 69.3. The lowest BCUT2D eigenvalue weighted by atomic mass is 9.83. The summed E-state index contributed by atoms with van der Waals surface area (Å²) in [5.41, 5.74) is 4.52. The summed E-state index contributed by atoms with van der Waals surface area (Å²) in [7, 11) is -8.02. The highest BCUT2D eigenvalue weighted by molar-refractivity contribution is 6.99. The van der Waals surface area contributed by atoms with Crippen molar-refractivity contribution in [2.24, 2.45) is 11.8 Å². The number of rotatable bonds is 31. The molecule has 143 heavy (non-hydrogen) atoms. The number of ether oxygens (including phenoxy) is 14. The predicted molar refractivity (Wildman–Crippen MR) is 531 cm³/mol. The molecule has 748 valence electrons. The number of carbonyl (C=O) groups is 6. The molecule has 22 atom stereocenters. The van der Waals surface area contributed by atoms with E-state index in [4.69, 9.17) is 70.7 Å². The van der Waals surface area contributed by atoms with Crippen LogP contribution in [0.1, 0.15) is 100 Å². The number of hydrogen-bond donors (Lipinski definition) is 7. The van der Waals surface area contributed by atoms with Gasteiger partial charge in [0.25, 0.3) is 16.6 Å². The maximum Gasteiger partial charge on any atom is 0.412 e. The van der Waals surface area contributed by atoms with E-state index in [-0.39, 0.29) is 71.5 Å². The number of amides is 6. The van der Waals surface area contributed by atoms with Crippen LogP contribution >= 0.6 is 0 Å². The van der Waals surface area contributed by atoms with Crippen LogP contribution in [0.2, 0.25) is 10.1 Å². The van der Waals surface area contributed by atoms with Crippen molar-refractivity contribution < 1.29 is 115 Å². The predicted octanol–water partition coefficient (Wildman–Crippen LogP) is 13.5.